The lowest BCUT2D eigenvalue weighted by molar-refractivity contribution is -0.117. The van der Waals surface area contributed by atoms with Gasteiger partial charge in [0.25, 0.3) is 0 Å². The maximum Gasteiger partial charge on any atom is 0.227 e. The number of allylic oxidation sites excluding steroid dienone is 1. The summed E-state index contributed by atoms with van der Waals surface area (Å²) < 4.78 is 0. The summed E-state index contributed by atoms with van der Waals surface area (Å²) in [7, 11) is 0. The quantitative estimate of drug-likeness (QED) is 0.636. The molecule has 4 heteroatoms. The average Bonchev–Trinajstić information content (AvgIpc) is 3.16. The van der Waals surface area contributed by atoms with Crippen molar-refractivity contribution in [3.63, 3.8) is 0 Å². The summed E-state index contributed by atoms with van der Waals surface area (Å²) in [4.78, 5) is 25.7. The largest absolute Gasteiger partial charge is 0.312 e. The van der Waals surface area contributed by atoms with Gasteiger partial charge in [-0.15, -0.1) is 0 Å². The van der Waals surface area contributed by atoms with Gasteiger partial charge in [0.1, 0.15) is 0 Å². The summed E-state index contributed by atoms with van der Waals surface area (Å²) in [6.45, 7) is 0.737. The highest BCUT2D eigenvalue weighted by Gasteiger charge is 2.21. The molecular weight excluding hydrogens is 282 g/mol. The first-order valence-corrected chi connectivity index (χ1v) is 7.83. The van der Waals surface area contributed by atoms with Crippen LogP contribution in [0.2, 0.25) is 0 Å². The minimum atomic E-state index is -0.0466. The Morgan fingerprint density at radius 1 is 1.29 bits per heavy atom. The Balaban J connectivity index is 1.79. The SMILES string of the molecule is O=C(/C=C/c1ccsc1)c1cccc(N2CCCC2=O)c1. The van der Waals surface area contributed by atoms with E-state index in [0.717, 1.165) is 24.2 Å². The van der Waals surface area contributed by atoms with E-state index in [1.54, 1.807) is 34.4 Å². The third-order valence-electron chi connectivity index (χ3n) is 3.49. The zero-order valence-electron chi connectivity index (χ0n) is 11.5. The van der Waals surface area contributed by atoms with E-state index >= 15 is 0 Å². The van der Waals surface area contributed by atoms with Gasteiger partial charge >= 0.3 is 0 Å². The molecule has 1 amide bonds. The molecular formula is C17H15NO2S. The van der Waals surface area contributed by atoms with Crippen LogP contribution in [0.15, 0.2) is 47.2 Å². The number of anilines is 1. The van der Waals surface area contributed by atoms with Gasteiger partial charge in [-0.1, -0.05) is 18.2 Å². The number of benzene rings is 1. The number of ketones is 1. The third-order valence-corrected chi connectivity index (χ3v) is 4.19. The van der Waals surface area contributed by atoms with Crippen molar-refractivity contribution < 1.29 is 9.59 Å². The molecule has 1 aromatic heterocycles. The predicted molar refractivity (Wildman–Crippen MR) is 85.7 cm³/mol. The number of carbonyl (C=O) groups excluding carboxylic acids is 2. The maximum absolute atomic E-state index is 12.2. The van der Waals surface area contributed by atoms with Gasteiger partial charge < -0.3 is 4.90 Å². The summed E-state index contributed by atoms with van der Waals surface area (Å²) in [5.74, 6) is 0.0862. The van der Waals surface area contributed by atoms with E-state index < -0.39 is 0 Å². The Morgan fingerprint density at radius 2 is 2.19 bits per heavy atom. The highest BCUT2D eigenvalue weighted by atomic mass is 32.1. The molecule has 1 aliphatic rings. The summed E-state index contributed by atoms with van der Waals surface area (Å²) in [5.41, 5.74) is 2.45. The summed E-state index contributed by atoms with van der Waals surface area (Å²) in [6.07, 6.45) is 4.87. The lowest BCUT2D eigenvalue weighted by atomic mass is 10.1. The monoisotopic (exact) mass is 297 g/mol. The minimum Gasteiger partial charge on any atom is -0.312 e. The lowest BCUT2D eigenvalue weighted by Gasteiger charge is -2.16. The van der Waals surface area contributed by atoms with Crippen LogP contribution in [0, 0.1) is 0 Å². The van der Waals surface area contributed by atoms with Crippen LogP contribution in [0.1, 0.15) is 28.8 Å². The molecule has 106 valence electrons. The molecule has 0 radical (unpaired) electrons. The number of hydrogen-bond donors (Lipinski definition) is 0. The van der Waals surface area contributed by atoms with Crippen molar-refractivity contribution in [3.05, 3.63) is 58.3 Å². The smallest absolute Gasteiger partial charge is 0.227 e. The van der Waals surface area contributed by atoms with E-state index in [9.17, 15) is 9.59 Å². The number of nitrogens with zero attached hydrogens (tertiary/aromatic N) is 1. The van der Waals surface area contributed by atoms with Crippen molar-refractivity contribution in [2.24, 2.45) is 0 Å². The predicted octanol–water partition coefficient (Wildman–Crippen LogP) is 3.77. The van der Waals surface area contributed by atoms with Crippen LogP contribution in [0.25, 0.3) is 6.08 Å². The van der Waals surface area contributed by atoms with Crippen molar-refractivity contribution in [2.45, 2.75) is 12.8 Å². The molecule has 2 aromatic rings. The third kappa shape index (κ3) is 3.11. The Bertz CT molecular complexity index is 689. The molecule has 0 saturated carbocycles. The molecule has 0 aliphatic carbocycles. The second kappa shape index (κ2) is 6.06. The fourth-order valence-electron chi connectivity index (χ4n) is 2.39. The number of rotatable bonds is 4. The van der Waals surface area contributed by atoms with E-state index in [1.807, 2.05) is 35.0 Å². The Morgan fingerprint density at radius 3 is 2.90 bits per heavy atom. The second-order valence-electron chi connectivity index (χ2n) is 4.95. The van der Waals surface area contributed by atoms with Gasteiger partial charge in [0.05, 0.1) is 0 Å². The standard InChI is InChI=1S/C17H15NO2S/c19-16(7-6-13-8-10-21-12-13)14-3-1-4-15(11-14)18-9-2-5-17(18)20/h1,3-4,6-8,10-12H,2,5,9H2/b7-6+. The van der Waals surface area contributed by atoms with E-state index in [-0.39, 0.29) is 11.7 Å². The van der Waals surface area contributed by atoms with Crippen molar-refractivity contribution in [3.8, 4) is 0 Å². The summed E-state index contributed by atoms with van der Waals surface area (Å²) >= 11 is 1.60. The van der Waals surface area contributed by atoms with Crippen LogP contribution in [0.5, 0.6) is 0 Å². The van der Waals surface area contributed by atoms with E-state index in [4.69, 9.17) is 0 Å². The number of carbonyl (C=O) groups is 2. The van der Waals surface area contributed by atoms with E-state index in [2.05, 4.69) is 0 Å². The second-order valence-corrected chi connectivity index (χ2v) is 5.73. The first kappa shape index (κ1) is 13.8. The fraction of sp³-hybridized carbons (Fsp3) is 0.176. The first-order chi connectivity index (χ1) is 10.2. The average molecular weight is 297 g/mol. The molecule has 2 heterocycles. The number of hydrogen-bond acceptors (Lipinski definition) is 3. The molecule has 0 atom stereocenters. The van der Waals surface area contributed by atoms with Crippen LogP contribution in [0.3, 0.4) is 0 Å². The van der Waals surface area contributed by atoms with Crippen LogP contribution in [0.4, 0.5) is 5.69 Å². The molecule has 0 N–H and O–H groups in total. The highest BCUT2D eigenvalue weighted by Crippen LogP contribution is 2.22. The fourth-order valence-corrected chi connectivity index (χ4v) is 3.01. The Kier molecular flexibility index (Phi) is 3.97. The van der Waals surface area contributed by atoms with Gasteiger partial charge in [-0.3, -0.25) is 9.59 Å². The summed E-state index contributed by atoms with van der Waals surface area (Å²) in [6, 6.07) is 9.25. The van der Waals surface area contributed by atoms with Crippen LogP contribution < -0.4 is 4.90 Å². The molecule has 1 aliphatic heterocycles. The van der Waals surface area contributed by atoms with Gasteiger partial charge in [0.15, 0.2) is 5.78 Å². The molecule has 1 aromatic carbocycles. The Labute approximate surface area is 127 Å². The molecule has 3 rings (SSSR count). The van der Waals surface area contributed by atoms with Crippen molar-refractivity contribution in [1.29, 1.82) is 0 Å². The maximum atomic E-state index is 12.2. The van der Waals surface area contributed by atoms with Crippen molar-refractivity contribution >= 4 is 34.8 Å². The van der Waals surface area contributed by atoms with Crippen LogP contribution >= 0.6 is 11.3 Å². The van der Waals surface area contributed by atoms with E-state index in [0.29, 0.717) is 12.0 Å². The molecule has 0 unspecified atom stereocenters. The zero-order chi connectivity index (χ0) is 14.7. The molecule has 3 nitrogen and oxygen atoms in total. The van der Waals surface area contributed by atoms with Crippen LogP contribution in [-0.4, -0.2) is 18.2 Å². The summed E-state index contributed by atoms with van der Waals surface area (Å²) in [5, 5.41) is 3.97. The lowest BCUT2D eigenvalue weighted by Crippen LogP contribution is -2.23. The van der Waals surface area contributed by atoms with Gasteiger partial charge in [0, 0.05) is 24.2 Å². The molecule has 1 saturated heterocycles. The van der Waals surface area contributed by atoms with E-state index in [1.165, 1.54) is 0 Å². The molecule has 1 fully saturated rings. The van der Waals surface area contributed by atoms with Crippen molar-refractivity contribution in [2.75, 3.05) is 11.4 Å². The zero-order valence-corrected chi connectivity index (χ0v) is 12.3. The van der Waals surface area contributed by atoms with Gasteiger partial charge in [0.2, 0.25) is 5.91 Å². The number of thiophene rings is 1. The first-order valence-electron chi connectivity index (χ1n) is 6.89. The van der Waals surface area contributed by atoms with Gasteiger partial charge in [-0.05, 0) is 47.0 Å². The molecule has 21 heavy (non-hydrogen) atoms. The molecule has 0 bridgehead atoms. The highest BCUT2D eigenvalue weighted by molar-refractivity contribution is 7.08. The van der Waals surface area contributed by atoms with Gasteiger partial charge in [-0.25, -0.2) is 0 Å². The normalized spacial score (nSPS) is 15.0. The Hall–Kier alpha value is -2.20. The molecule has 0 spiro atoms. The van der Waals surface area contributed by atoms with Crippen LogP contribution in [-0.2, 0) is 4.79 Å². The van der Waals surface area contributed by atoms with Crippen molar-refractivity contribution in [1.82, 2.24) is 0 Å². The minimum absolute atomic E-state index is 0.0466. The van der Waals surface area contributed by atoms with Gasteiger partial charge in [-0.2, -0.15) is 11.3 Å². The topological polar surface area (TPSA) is 37.4 Å². The number of amides is 1.